The Kier molecular flexibility index (Phi) is 2.97. The summed E-state index contributed by atoms with van der Waals surface area (Å²) in [5.74, 6) is 0. The summed E-state index contributed by atoms with van der Waals surface area (Å²) in [6, 6.07) is 0. The fourth-order valence-corrected chi connectivity index (χ4v) is 1.06. The summed E-state index contributed by atoms with van der Waals surface area (Å²) in [4.78, 5) is 0. The molecule has 0 aromatic carbocycles. The number of hydrogen-bond acceptors (Lipinski definition) is 5. The third-order valence-corrected chi connectivity index (χ3v) is 1.82. The van der Waals surface area contributed by atoms with Gasteiger partial charge in [-0.2, -0.15) is 0 Å². The maximum absolute atomic E-state index is 12.8. The molecular formula is C6H11FO5. The first-order valence-corrected chi connectivity index (χ1v) is 3.52. The summed E-state index contributed by atoms with van der Waals surface area (Å²) in [6.45, 7) is -0.606. The third kappa shape index (κ3) is 1.57. The van der Waals surface area contributed by atoms with Crippen LogP contribution >= 0.6 is 0 Å². The molecule has 1 fully saturated rings. The van der Waals surface area contributed by atoms with E-state index in [-0.39, 0.29) is 0 Å². The van der Waals surface area contributed by atoms with Gasteiger partial charge in [-0.25, -0.2) is 4.39 Å². The molecule has 6 heteroatoms. The van der Waals surface area contributed by atoms with Gasteiger partial charge in [-0.05, 0) is 0 Å². The summed E-state index contributed by atoms with van der Waals surface area (Å²) < 4.78 is 17.3. The lowest BCUT2D eigenvalue weighted by molar-refractivity contribution is -0.274. The van der Waals surface area contributed by atoms with Crippen LogP contribution in [0.2, 0.25) is 0 Å². The minimum atomic E-state index is -1.99. The van der Waals surface area contributed by atoms with E-state index in [9.17, 15) is 4.39 Å². The van der Waals surface area contributed by atoms with Crippen molar-refractivity contribution in [2.45, 2.75) is 30.8 Å². The molecule has 5 nitrogen and oxygen atoms in total. The van der Waals surface area contributed by atoms with Crippen LogP contribution in [0.3, 0.4) is 0 Å². The number of aliphatic hydroxyl groups excluding tert-OH is 4. The van der Waals surface area contributed by atoms with Crippen LogP contribution in [0.5, 0.6) is 0 Å². The zero-order valence-electron chi connectivity index (χ0n) is 6.17. The van der Waals surface area contributed by atoms with Crippen LogP contribution in [0.25, 0.3) is 0 Å². The summed E-state index contributed by atoms with van der Waals surface area (Å²) in [6.07, 6.45) is -8.24. The number of halogens is 1. The Morgan fingerprint density at radius 1 is 1.17 bits per heavy atom. The van der Waals surface area contributed by atoms with Gasteiger partial charge >= 0.3 is 0 Å². The lowest BCUT2D eigenvalue weighted by atomic mass is 10.0. The van der Waals surface area contributed by atoms with Gasteiger partial charge in [0.15, 0.2) is 12.5 Å². The maximum Gasteiger partial charge on any atom is 0.184 e. The van der Waals surface area contributed by atoms with E-state index in [0.717, 1.165) is 0 Å². The highest BCUT2D eigenvalue weighted by Crippen LogP contribution is 2.21. The second kappa shape index (κ2) is 3.63. The van der Waals surface area contributed by atoms with E-state index < -0.39 is 37.4 Å². The SMILES string of the molecule is OCC1O[C@@H](O)C(O)[C@H](F)[C@@H]1O. The number of ether oxygens (including phenoxy) is 1. The van der Waals surface area contributed by atoms with Crippen molar-refractivity contribution in [3.63, 3.8) is 0 Å². The fraction of sp³-hybridized carbons (Fsp3) is 1.00. The predicted octanol–water partition coefficient (Wildman–Crippen LogP) is -2.24. The zero-order chi connectivity index (χ0) is 9.30. The minimum Gasteiger partial charge on any atom is -0.394 e. The van der Waals surface area contributed by atoms with E-state index in [1.54, 1.807) is 0 Å². The average molecular weight is 182 g/mol. The third-order valence-electron chi connectivity index (χ3n) is 1.82. The Balaban J connectivity index is 2.63. The Bertz CT molecular complexity index is 150. The van der Waals surface area contributed by atoms with Gasteiger partial charge < -0.3 is 25.2 Å². The maximum atomic E-state index is 12.8. The molecule has 1 aliphatic rings. The minimum absolute atomic E-state index is 0.606. The highest BCUT2D eigenvalue weighted by Gasteiger charge is 2.43. The first-order chi connectivity index (χ1) is 5.57. The molecule has 1 rings (SSSR count). The number of rotatable bonds is 1. The molecule has 0 aromatic rings. The van der Waals surface area contributed by atoms with Crippen molar-refractivity contribution >= 4 is 0 Å². The summed E-state index contributed by atoms with van der Waals surface area (Å²) in [5.41, 5.74) is 0. The highest BCUT2D eigenvalue weighted by atomic mass is 19.1. The van der Waals surface area contributed by atoms with Gasteiger partial charge in [0.25, 0.3) is 0 Å². The highest BCUT2D eigenvalue weighted by molar-refractivity contribution is 4.88. The van der Waals surface area contributed by atoms with Crippen LogP contribution in [0.1, 0.15) is 0 Å². The van der Waals surface area contributed by atoms with Crippen molar-refractivity contribution in [2.24, 2.45) is 0 Å². The Morgan fingerprint density at radius 2 is 1.75 bits per heavy atom. The molecule has 2 unspecified atom stereocenters. The van der Waals surface area contributed by atoms with Gasteiger partial charge in [0, 0.05) is 0 Å². The van der Waals surface area contributed by atoms with E-state index >= 15 is 0 Å². The van der Waals surface area contributed by atoms with E-state index in [0.29, 0.717) is 0 Å². The second-order valence-corrected chi connectivity index (χ2v) is 2.67. The van der Waals surface area contributed by atoms with Gasteiger partial charge in [0.1, 0.15) is 18.3 Å². The van der Waals surface area contributed by atoms with E-state index in [1.807, 2.05) is 0 Å². The zero-order valence-corrected chi connectivity index (χ0v) is 6.17. The molecule has 72 valence electrons. The smallest absolute Gasteiger partial charge is 0.184 e. The molecule has 5 atom stereocenters. The molecule has 1 saturated heterocycles. The molecule has 12 heavy (non-hydrogen) atoms. The van der Waals surface area contributed by atoms with Crippen LogP contribution in [0, 0.1) is 0 Å². The molecule has 4 N–H and O–H groups in total. The predicted molar refractivity (Wildman–Crippen MR) is 34.9 cm³/mol. The average Bonchev–Trinajstić information content (AvgIpc) is 2.08. The molecule has 1 aliphatic heterocycles. The first kappa shape index (κ1) is 9.82. The lowest BCUT2D eigenvalue weighted by Gasteiger charge is -2.36. The van der Waals surface area contributed by atoms with Crippen molar-refractivity contribution in [3.8, 4) is 0 Å². The van der Waals surface area contributed by atoms with Crippen LogP contribution in [0.4, 0.5) is 4.39 Å². The molecule has 1 heterocycles. The topological polar surface area (TPSA) is 90.2 Å². The van der Waals surface area contributed by atoms with Crippen molar-refractivity contribution in [3.05, 3.63) is 0 Å². The second-order valence-electron chi connectivity index (χ2n) is 2.67. The molecule has 0 radical (unpaired) electrons. The summed E-state index contributed by atoms with van der Waals surface area (Å²) >= 11 is 0. The van der Waals surface area contributed by atoms with E-state index in [1.165, 1.54) is 0 Å². The molecule has 0 amide bonds. The van der Waals surface area contributed by atoms with E-state index in [4.69, 9.17) is 20.4 Å². The van der Waals surface area contributed by atoms with Crippen LogP contribution < -0.4 is 0 Å². The summed E-state index contributed by atoms with van der Waals surface area (Å²) in [5, 5.41) is 35.2. The van der Waals surface area contributed by atoms with Crippen molar-refractivity contribution in [1.29, 1.82) is 0 Å². The Hall–Kier alpha value is -0.270. The largest absolute Gasteiger partial charge is 0.394 e. The molecule has 0 aromatic heterocycles. The van der Waals surface area contributed by atoms with Crippen LogP contribution in [-0.4, -0.2) is 57.8 Å². The standard InChI is InChI=1S/C6H11FO5/c7-3-4(9)2(1-8)12-6(11)5(3)10/h2-6,8-11H,1H2/t2?,3-,4-,5?,6-/m1/s1. The Morgan fingerprint density at radius 3 is 2.25 bits per heavy atom. The van der Waals surface area contributed by atoms with Crippen LogP contribution in [0.15, 0.2) is 0 Å². The number of aliphatic hydroxyl groups is 4. The molecular weight excluding hydrogens is 171 g/mol. The van der Waals surface area contributed by atoms with Gasteiger partial charge in [-0.15, -0.1) is 0 Å². The lowest BCUT2D eigenvalue weighted by Crippen LogP contribution is -2.56. The molecule has 0 aliphatic carbocycles. The normalized spacial score (nSPS) is 49.2. The van der Waals surface area contributed by atoms with Gasteiger partial charge in [0.2, 0.25) is 0 Å². The van der Waals surface area contributed by atoms with Crippen molar-refractivity contribution in [2.75, 3.05) is 6.61 Å². The quantitative estimate of drug-likeness (QED) is 0.368. The molecule has 0 spiro atoms. The van der Waals surface area contributed by atoms with Gasteiger partial charge in [-0.3, -0.25) is 0 Å². The molecule has 0 bridgehead atoms. The fourth-order valence-electron chi connectivity index (χ4n) is 1.06. The van der Waals surface area contributed by atoms with Crippen molar-refractivity contribution < 1.29 is 29.6 Å². The number of alkyl halides is 1. The summed E-state index contributed by atoms with van der Waals surface area (Å²) in [7, 11) is 0. The monoisotopic (exact) mass is 182 g/mol. The van der Waals surface area contributed by atoms with Crippen molar-refractivity contribution in [1.82, 2.24) is 0 Å². The number of hydrogen-bond donors (Lipinski definition) is 4. The van der Waals surface area contributed by atoms with Gasteiger partial charge in [0.05, 0.1) is 6.61 Å². The van der Waals surface area contributed by atoms with Gasteiger partial charge in [-0.1, -0.05) is 0 Å². The molecule has 0 saturated carbocycles. The van der Waals surface area contributed by atoms with Crippen LogP contribution in [-0.2, 0) is 4.74 Å². The first-order valence-electron chi connectivity index (χ1n) is 3.52. The Labute approximate surface area is 68.0 Å². The van der Waals surface area contributed by atoms with E-state index in [2.05, 4.69) is 4.74 Å².